The van der Waals surface area contributed by atoms with E-state index in [1.54, 1.807) is 0 Å². The first-order valence-electron chi connectivity index (χ1n) is 4.77. The highest BCUT2D eigenvalue weighted by Crippen LogP contribution is 2.37. The molecule has 0 spiro atoms. The molecule has 3 N–H and O–H groups in total. The zero-order valence-electron chi connectivity index (χ0n) is 7.88. The summed E-state index contributed by atoms with van der Waals surface area (Å²) in [6.45, 7) is 0. The maximum Gasteiger partial charge on any atom is 0.320 e. The number of rotatable bonds is 3. The third-order valence-electron chi connectivity index (χ3n) is 2.74. The Morgan fingerprint density at radius 2 is 2.00 bits per heavy atom. The van der Waals surface area contributed by atoms with Gasteiger partial charge in [-0.2, -0.15) is 0 Å². The van der Waals surface area contributed by atoms with Crippen molar-refractivity contribution < 1.29 is 18.7 Å². The smallest absolute Gasteiger partial charge is 0.320 e. The average molecular weight is 207 g/mol. The van der Waals surface area contributed by atoms with Crippen molar-refractivity contribution in [1.29, 1.82) is 0 Å². The Bertz CT molecular complexity index is 211. The lowest BCUT2D eigenvalue weighted by Crippen LogP contribution is -2.34. The Balaban J connectivity index is 2.32. The number of hydrogen-bond donors (Lipinski definition) is 2. The number of alkyl halides is 2. The molecule has 1 fully saturated rings. The fourth-order valence-electron chi connectivity index (χ4n) is 1.80. The monoisotopic (exact) mass is 207 g/mol. The summed E-state index contributed by atoms with van der Waals surface area (Å²) < 4.78 is 25.5. The molecule has 0 heterocycles. The van der Waals surface area contributed by atoms with Crippen molar-refractivity contribution in [3.8, 4) is 0 Å². The van der Waals surface area contributed by atoms with Crippen LogP contribution in [0.2, 0.25) is 0 Å². The Labute approximate surface area is 81.3 Å². The van der Waals surface area contributed by atoms with Gasteiger partial charge < -0.3 is 10.8 Å². The largest absolute Gasteiger partial charge is 0.480 e. The summed E-state index contributed by atoms with van der Waals surface area (Å²) >= 11 is 0. The topological polar surface area (TPSA) is 63.3 Å². The standard InChI is InChI=1S/C9H15F2NO2/c10-9(11)3-1-6(2-4-9)5-7(12)8(13)14/h6-7H,1-5,12H2,(H,13,14)/t7-/m0/s1. The molecular weight excluding hydrogens is 192 g/mol. The van der Waals surface area contributed by atoms with E-state index in [-0.39, 0.29) is 18.8 Å². The summed E-state index contributed by atoms with van der Waals surface area (Å²) in [6, 6.07) is -0.910. The van der Waals surface area contributed by atoms with Gasteiger partial charge in [-0.05, 0) is 25.2 Å². The van der Waals surface area contributed by atoms with E-state index in [2.05, 4.69) is 0 Å². The molecule has 0 radical (unpaired) electrons. The highest BCUT2D eigenvalue weighted by Gasteiger charge is 2.35. The fourth-order valence-corrected chi connectivity index (χ4v) is 1.80. The molecule has 1 aliphatic carbocycles. The number of halogens is 2. The van der Waals surface area contributed by atoms with E-state index in [1.165, 1.54) is 0 Å². The van der Waals surface area contributed by atoms with Crippen LogP contribution in [0, 0.1) is 5.92 Å². The molecule has 1 saturated carbocycles. The molecule has 0 aliphatic heterocycles. The molecule has 1 aliphatic rings. The molecule has 0 saturated heterocycles. The predicted octanol–water partition coefficient (Wildman–Crippen LogP) is 1.61. The summed E-state index contributed by atoms with van der Waals surface area (Å²) in [5.74, 6) is -3.56. The SMILES string of the molecule is N[C@@H](CC1CCC(F)(F)CC1)C(=O)O. The minimum atomic E-state index is -2.55. The van der Waals surface area contributed by atoms with Crippen molar-refractivity contribution in [3.63, 3.8) is 0 Å². The molecule has 3 nitrogen and oxygen atoms in total. The van der Waals surface area contributed by atoms with Crippen molar-refractivity contribution in [2.24, 2.45) is 11.7 Å². The number of carbonyl (C=O) groups is 1. The highest BCUT2D eigenvalue weighted by atomic mass is 19.3. The van der Waals surface area contributed by atoms with Gasteiger partial charge in [0, 0.05) is 12.8 Å². The van der Waals surface area contributed by atoms with Crippen molar-refractivity contribution in [3.05, 3.63) is 0 Å². The van der Waals surface area contributed by atoms with E-state index in [0.29, 0.717) is 19.3 Å². The molecule has 0 aromatic heterocycles. The Morgan fingerprint density at radius 1 is 1.50 bits per heavy atom. The second kappa shape index (κ2) is 4.21. The third kappa shape index (κ3) is 3.21. The van der Waals surface area contributed by atoms with E-state index >= 15 is 0 Å². The first-order valence-corrected chi connectivity index (χ1v) is 4.77. The summed E-state index contributed by atoms with van der Waals surface area (Å²) in [4.78, 5) is 10.4. The van der Waals surface area contributed by atoms with Crippen molar-refractivity contribution in [1.82, 2.24) is 0 Å². The molecule has 1 atom stereocenters. The van der Waals surface area contributed by atoms with Gasteiger partial charge in [0.05, 0.1) is 0 Å². The highest BCUT2D eigenvalue weighted by molar-refractivity contribution is 5.73. The number of hydrogen-bond acceptors (Lipinski definition) is 2. The zero-order valence-corrected chi connectivity index (χ0v) is 7.88. The molecule has 1 rings (SSSR count). The Hall–Kier alpha value is -0.710. The molecule has 14 heavy (non-hydrogen) atoms. The molecule has 0 aromatic rings. The second-order valence-electron chi connectivity index (χ2n) is 3.98. The van der Waals surface area contributed by atoms with Crippen LogP contribution < -0.4 is 5.73 Å². The first kappa shape index (κ1) is 11.4. The lowest BCUT2D eigenvalue weighted by atomic mass is 9.83. The van der Waals surface area contributed by atoms with E-state index in [4.69, 9.17) is 10.8 Å². The summed E-state index contributed by atoms with van der Waals surface area (Å²) in [6.07, 6.45) is 0.807. The van der Waals surface area contributed by atoms with Gasteiger partial charge in [-0.3, -0.25) is 4.79 Å². The van der Waals surface area contributed by atoms with E-state index < -0.39 is 17.9 Å². The van der Waals surface area contributed by atoms with Crippen LogP contribution in [0.3, 0.4) is 0 Å². The number of carboxylic acids is 1. The van der Waals surface area contributed by atoms with E-state index in [0.717, 1.165) is 0 Å². The summed E-state index contributed by atoms with van der Waals surface area (Å²) in [5.41, 5.74) is 5.33. The van der Waals surface area contributed by atoms with Crippen molar-refractivity contribution >= 4 is 5.97 Å². The van der Waals surface area contributed by atoms with Crippen LogP contribution in [0.4, 0.5) is 8.78 Å². The van der Waals surface area contributed by atoms with Crippen LogP contribution in [0.1, 0.15) is 32.1 Å². The normalized spacial score (nSPS) is 24.5. The lowest BCUT2D eigenvalue weighted by Gasteiger charge is -2.28. The predicted molar refractivity (Wildman–Crippen MR) is 47.1 cm³/mol. The maximum atomic E-state index is 12.7. The van der Waals surface area contributed by atoms with Crippen LogP contribution in [-0.2, 0) is 4.79 Å². The van der Waals surface area contributed by atoms with E-state index in [1.807, 2.05) is 0 Å². The molecule has 0 unspecified atom stereocenters. The van der Waals surface area contributed by atoms with E-state index in [9.17, 15) is 13.6 Å². The van der Waals surface area contributed by atoms with Crippen LogP contribution in [-0.4, -0.2) is 23.0 Å². The Kier molecular flexibility index (Phi) is 3.42. The van der Waals surface area contributed by atoms with Gasteiger partial charge in [0.25, 0.3) is 0 Å². The van der Waals surface area contributed by atoms with Gasteiger partial charge in [0.1, 0.15) is 6.04 Å². The van der Waals surface area contributed by atoms with Gasteiger partial charge >= 0.3 is 5.97 Å². The lowest BCUT2D eigenvalue weighted by molar-refractivity contribution is -0.139. The van der Waals surface area contributed by atoms with Crippen LogP contribution >= 0.6 is 0 Å². The summed E-state index contributed by atoms with van der Waals surface area (Å²) in [5, 5.41) is 8.54. The van der Waals surface area contributed by atoms with Gasteiger partial charge in [0.15, 0.2) is 0 Å². The molecule has 5 heteroatoms. The van der Waals surface area contributed by atoms with Crippen LogP contribution in [0.15, 0.2) is 0 Å². The Morgan fingerprint density at radius 3 is 2.43 bits per heavy atom. The van der Waals surface area contributed by atoms with Gasteiger partial charge in [-0.1, -0.05) is 0 Å². The van der Waals surface area contributed by atoms with Gasteiger partial charge in [0.2, 0.25) is 5.92 Å². The quantitative estimate of drug-likeness (QED) is 0.739. The van der Waals surface area contributed by atoms with Crippen molar-refractivity contribution in [2.45, 2.75) is 44.1 Å². The second-order valence-corrected chi connectivity index (χ2v) is 3.98. The minimum absolute atomic E-state index is 0.0423. The third-order valence-corrected chi connectivity index (χ3v) is 2.74. The first-order chi connectivity index (χ1) is 6.41. The number of carboxylic acid groups (broad SMARTS) is 1. The van der Waals surface area contributed by atoms with Gasteiger partial charge in [-0.15, -0.1) is 0 Å². The molecule has 0 bridgehead atoms. The summed E-state index contributed by atoms with van der Waals surface area (Å²) in [7, 11) is 0. The minimum Gasteiger partial charge on any atom is -0.480 e. The zero-order chi connectivity index (χ0) is 10.8. The van der Waals surface area contributed by atoms with Crippen LogP contribution in [0.5, 0.6) is 0 Å². The van der Waals surface area contributed by atoms with Crippen molar-refractivity contribution in [2.75, 3.05) is 0 Å². The molecule has 0 aromatic carbocycles. The molecule has 82 valence electrons. The number of aliphatic carboxylic acids is 1. The maximum absolute atomic E-state index is 12.7. The van der Waals surface area contributed by atoms with Crippen LogP contribution in [0.25, 0.3) is 0 Å². The van der Waals surface area contributed by atoms with Gasteiger partial charge in [-0.25, -0.2) is 8.78 Å². The number of nitrogens with two attached hydrogens (primary N) is 1. The fraction of sp³-hybridized carbons (Fsp3) is 0.889. The molecular formula is C9H15F2NO2. The average Bonchev–Trinajstić information content (AvgIpc) is 2.08. The molecule has 0 amide bonds.